The van der Waals surface area contributed by atoms with Crippen molar-refractivity contribution < 1.29 is 9.59 Å². The molecule has 4 N–H and O–H groups in total. The summed E-state index contributed by atoms with van der Waals surface area (Å²) in [5.74, 6) is -0.212. The van der Waals surface area contributed by atoms with Crippen molar-refractivity contribution in [2.75, 3.05) is 0 Å². The summed E-state index contributed by atoms with van der Waals surface area (Å²) >= 11 is 0. The molecule has 1 aliphatic rings. The van der Waals surface area contributed by atoms with Crippen LogP contribution in [0.4, 0.5) is 0 Å². The summed E-state index contributed by atoms with van der Waals surface area (Å²) in [7, 11) is 0. The standard InChI is InChI=1S/C24H24N4O2/c29-23(17-13-25-19-9-3-1-7-15(17)19)27-21-11-5-6-12-22(21)28-24(30)18-14-26-20-10-4-2-8-16(18)20/h1-4,7-10,13-14,21-22,25-26H,5-6,11-12H2,(H,27,29)(H,28,30). The van der Waals surface area contributed by atoms with Crippen LogP contribution in [0.2, 0.25) is 0 Å². The Morgan fingerprint density at radius 3 is 1.60 bits per heavy atom. The molecule has 2 aromatic carbocycles. The summed E-state index contributed by atoms with van der Waals surface area (Å²) in [6.07, 6.45) is 7.29. The highest BCUT2D eigenvalue weighted by Crippen LogP contribution is 2.23. The third-order valence-corrected chi connectivity index (χ3v) is 6.07. The lowest BCUT2D eigenvalue weighted by Crippen LogP contribution is -2.53. The molecule has 0 radical (unpaired) electrons. The predicted octanol–water partition coefficient (Wildman–Crippen LogP) is 4.12. The van der Waals surface area contributed by atoms with Gasteiger partial charge >= 0.3 is 0 Å². The summed E-state index contributed by atoms with van der Waals surface area (Å²) in [5.41, 5.74) is 3.15. The molecule has 0 bridgehead atoms. The molecule has 0 spiro atoms. The molecular formula is C24H24N4O2. The van der Waals surface area contributed by atoms with Crippen LogP contribution in [0.15, 0.2) is 60.9 Å². The average molecular weight is 400 g/mol. The Kier molecular flexibility index (Phi) is 4.75. The van der Waals surface area contributed by atoms with Gasteiger partial charge in [-0.25, -0.2) is 0 Å². The van der Waals surface area contributed by atoms with E-state index in [1.165, 1.54) is 0 Å². The maximum Gasteiger partial charge on any atom is 0.253 e. The summed E-state index contributed by atoms with van der Waals surface area (Å²) in [6, 6.07) is 15.4. The third kappa shape index (κ3) is 3.34. The molecule has 1 aliphatic carbocycles. The Morgan fingerprint density at radius 1 is 0.700 bits per heavy atom. The van der Waals surface area contributed by atoms with Crippen LogP contribution in [0, 0.1) is 0 Å². The van der Waals surface area contributed by atoms with E-state index in [9.17, 15) is 9.59 Å². The van der Waals surface area contributed by atoms with Crippen LogP contribution in [-0.2, 0) is 0 Å². The Balaban J connectivity index is 1.33. The minimum atomic E-state index is -0.106. The fraction of sp³-hybridized carbons (Fsp3) is 0.250. The molecular weight excluding hydrogens is 376 g/mol. The van der Waals surface area contributed by atoms with Gasteiger partial charge in [-0.05, 0) is 25.0 Å². The summed E-state index contributed by atoms with van der Waals surface area (Å²) in [4.78, 5) is 32.3. The van der Waals surface area contributed by atoms with Gasteiger partial charge in [0.2, 0.25) is 0 Å². The van der Waals surface area contributed by atoms with Crippen LogP contribution >= 0.6 is 0 Å². The first kappa shape index (κ1) is 18.5. The van der Waals surface area contributed by atoms with Gasteiger partial charge in [0.1, 0.15) is 0 Å². The molecule has 1 fully saturated rings. The number of para-hydroxylation sites is 2. The number of aromatic nitrogens is 2. The first-order valence-corrected chi connectivity index (χ1v) is 10.4. The zero-order chi connectivity index (χ0) is 20.5. The zero-order valence-electron chi connectivity index (χ0n) is 16.6. The lowest BCUT2D eigenvalue weighted by molar-refractivity contribution is 0.0864. The Labute approximate surface area is 174 Å². The highest BCUT2D eigenvalue weighted by atomic mass is 16.2. The van der Waals surface area contributed by atoms with E-state index >= 15 is 0 Å². The second kappa shape index (κ2) is 7.71. The molecule has 6 nitrogen and oxygen atoms in total. The fourth-order valence-corrected chi connectivity index (χ4v) is 4.49. The smallest absolute Gasteiger partial charge is 0.253 e. The lowest BCUT2D eigenvalue weighted by atomic mass is 9.89. The van der Waals surface area contributed by atoms with Gasteiger partial charge in [-0.2, -0.15) is 0 Å². The van der Waals surface area contributed by atoms with Gasteiger partial charge in [-0.15, -0.1) is 0 Å². The molecule has 0 aliphatic heterocycles. The molecule has 5 rings (SSSR count). The number of hydrogen-bond donors (Lipinski definition) is 4. The van der Waals surface area contributed by atoms with Gasteiger partial charge in [0.15, 0.2) is 0 Å². The van der Waals surface area contributed by atoms with Crippen molar-refractivity contribution in [3.63, 3.8) is 0 Å². The van der Waals surface area contributed by atoms with Crippen LogP contribution in [-0.4, -0.2) is 33.9 Å². The Hall–Kier alpha value is -3.54. The quantitative estimate of drug-likeness (QED) is 0.415. The number of nitrogens with one attached hydrogen (secondary N) is 4. The predicted molar refractivity (Wildman–Crippen MR) is 118 cm³/mol. The normalized spacial score (nSPS) is 19.1. The number of benzene rings is 2. The molecule has 2 unspecified atom stereocenters. The van der Waals surface area contributed by atoms with Gasteiger partial charge in [0, 0.05) is 46.3 Å². The second-order valence-electron chi connectivity index (χ2n) is 7.94. The highest BCUT2D eigenvalue weighted by Gasteiger charge is 2.29. The average Bonchev–Trinajstić information content (AvgIpc) is 3.39. The van der Waals surface area contributed by atoms with Gasteiger partial charge in [-0.1, -0.05) is 49.2 Å². The zero-order valence-corrected chi connectivity index (χ0v) is 16.6. The van der Waals surface area contributed by atoms with E-state index in [2.05, 4.69) is 20.6 Å². The largest absolute Gasteiger partial charge is 0.360 e. The van der Waals surface area contributed by atoms with Crippen LogP contribution < -0.4 is 10.6 Å². The number of rotatable bonds is 4. The highest BCUT2D eigenvalue weighted by molar-refractivity contribution is 6.08. The fourth-order valence-electron chi connectivity index (χ4n) is 4.49. The molecule has 2 aromatic heterocycles. The molecule has 2 atom stereocenters. The first-order valence-electron chi connectivity index (χ1n) is 10.4. The van der Waals surface area contributed by atoms with Crippen LogP contribution in [0.3, 0.4) is 0 Å². The molecule has 4 aromatic rings. The number of fused-ring (bicyclic) bond motifs is 2. The minimum absolute atomic E-state index is 0.0888. The van der Waals surface area contributed by atoms with Crippen molar-refractivity contribution >= 4 is 33.6 Å². The molecule has 6 heteroatoms. The number of aromatic amines is 2. The van der Waals surface area contributed by atoms with Crippen molar-refractivity contribution in [1.82, 2.24) is 20.6 Å². The molecule has 2 amide bonds. The summed E-state index contributed by atoms with van der Waals surface area (Å²) in [6.45, 7) is 0. The molecule has 30 heavy (non-hydrogen) atoms. The number of H-pyrrole nitrogens is 2. The van der Waals surface area contributed by atoms with Crippen LogP contribution in [0.5, 0.6) is 0 Å². The van der Waals surface area contributed by atoms with E-state index in [4.69, 9.17) is 0 Å². The van der Waals surface area contributed by atoms with Crippen molar-refractivity contribution in [3.8, 4) is 0 Å². The van der Waals surface area contributed by atoms with E-state index < -0.39 is 0 Å². The van der Waals surface area contributed by atoms with E-state index in [1.54, 1.807) is 12.4 Å². The monoisotopic (exact) mass is 400 g/mol. The summed E-state index contributed by atoms with van der Waals surface area (Å²) < 4.78 is 0. The van der Waals surface area contributed by atoms with Gasteiger partial charge < -0.3 is 20.6 Å². The summed E-state index contributed by atoms with van der Waals surface area (Å²) in [5, 5.41) is 8.15. The van der Waals surface area contributed by atoms with Crippen LogP contribution in [0.25, 0.3) is 21.8 Å². The van der Waals surface area contributed by atoms with E-state index in [1.807, 2.05) is 48.5 Å². The SMILES string of the molecule is O=C(NC1CCCCC1NC(=O)c1c[nH]c2ccccc12)c1c[nH]c2ccccc12. The van der Waals surface area contributed by atoms with E-state index in [0.717, 1.165) is 47.5 Å². The van der Waals surface area contributed by atoms with E-state index in [0.29, 0.717) is 11.1 Å². The Morgan fingerprint density at radius 2 is 1.13 bits per heavy atom. The number of carbonyl (C=O) groups is 2. The van der Waals surface area contributed by atoms with Gasteiger partial charge in [0.05, 0.1) is 11.1 Å². The van der Waals surface area contributed by atoms with E-state index in [-0.39, 0.29) is 23.9 Å². The molecule has 0 saturated heterocycles. The number of amides is 2. The number of carbonyl (C=O) groups excluding carboxylic acids is 2. The van der Waals surface area contributed by atoms with Crippen LogP contribution in [0.1, 0.15) is 46.4 Å². The molecule has 1 saturated carbocycles. The van der Waals surface area contributed by atoms with Crippen molar-refractivity contribution in [2.45, 2.75) is 37.8 Å². The second-order valence-corrected chi connectivity index (χ2v) is 7.94. The van der Waals surface area contributed by atoms with Crippen molar-refractivity contribution in [1.29, 1.82) is 0 Å². The topological polar surface area (TPSA) is 89.8 Å². The number of hydrogen-bond acceptors (Lipinski definition) is 2. The maximum atomic E-state index is 13.0. The van der Waals surface area contributed by atoms with Gasteiger partial charge in [-0.3, -0.25) is 9.59 Å². The third-order valence-electron chi connectivity index (χ3n) is 6.07. The maximum absolute atomic E-state index is 13.0. The van der Waals surface area contributed by atoms with Gasteiger partial charge in [0.25, 0.3) is 11.8 Å². The minimum Gasteiger partial charge on any atom is -0.360 e. The molecule has 2 heterocycles. The molecule has 152 valence electrons. The lowest BCUT2D eigenvalue weighted by Gasteiger charge is -2.32. The van der Waals surface area contributed by atoms with Crippen molar-refractivity contribution in [2.24, 2.45) is 0 Å². The Bertz CT molecular complexity index is 1130. The van der Waals surface area contributed by atoms with Crippen molar-refractivity contribution in [3.05, 3.63) is 72.1 Å². The first-order chi connectivity index (χ1) is 14.7.